The number of nitrogens with one attached hydrogen (secondary N) is 1. The predicted octanol–water partition coefficient (Wildman–Crippen LogP) is 4.99. The van der Waals surface area contributed by atoms with E-state index in [1.54, 1.807) is 13.2 Å². The van der Waals surface area contributed by atoms with E-state index in [1.165, 1.54) is 35.7 Å². The summed E-state index contributed by atoms with van der Waals surface area (Å²) in [4.78, 5) is 12.7. The number of fused-ring (bicyclic) bond motifs is 1. The van der Waals surface area contributed by atoms with Crippen molar-refractivity contribution >= 4 is 17.7 Å². The highest BCUT2D eigenvalue weighted by molar-refractivity contribution is 7.99. The maximum Gasteiger partial charge on any atom is 0.230 e. The third-order valence-corrected chi connectivity index (χ3v) is 6.93. The van der Waals surface area contributed by atoms with Crippen molar-refractivity contribution in [3.8, 4) is 17.1 Å². The Balaban J connectivity index is 1.40. The molecule has 2 aromatic carbocycles. The molecule has 1 amide bonds. The normalized spacial score (nSPS) is 13.8. The molecule has 1 aliphatic rings. The SMILES string of the molecule is C=CCn1c(SCC(=O)N[C@@H](C)c2ccc3c(c2)CCCC3)nnc1-c1ccc(OC)cc1. The van der Waals surface area contributed by atoms with Gasteiger partial charge in [0.15, 0.2) is 11.0 Å². The van der Waals surface area contributed by atoms with Crippen molar-refractivity contribution in [3.63, 3.8) is 0 Å². The number of hydrogen-bond donors (Lipinski definition) is 1. The minimum atomic E-state index is -0.0359. The van der Waals surface area contributed by atoms with Gasteiger partial charge in [-0.25, -0.2) is 0 Å². The summed E-state index contributed by atoms with van der Waals surface area (Å²) in [5.74, 6) is 1.77. The Labute approximate surface area is 199 Å². The molecule has 0 saturated carbocycles. The van der Waals surface area contributed by atoms with Gasteiger partial charge in [0.05, 0.1) is 18.9 Å². The maximum atomic E-state index is 12.7. The topological polar surface area (TPSA) is 69.0 Å². The fourth-order valence-corrected chi connectivity index (χ4v) is 4.92. The van der Waals surface area contributed by atoms with E-state index in [4.69, 9.17) is 4.74 Å². The first-order valence-electron chi connectivity index (χ1n) is 11.3. The molecule has 4 rings (SSSR count). The average molecular weight is 463 g/mol. The Bertz CT molecular complexity index is 1120. The lowest BCUT2D eigenvalue weighted by Crippen LogP contribution is -2.28. The van der Waals surface area contributed by atoms with Crippen LogP contribution in [0.4, 0.5) is 0 Å². The zero-order chi connectivity index (χ0) is 23.2. The van der Waals surface area contributed by atoms with Gasteiger partial charge in [-0.2, -0.15) is 0 Å². The van der Waals surface area contributed by atoms with E-state index in [0.29, 0.717) is 11.7 Å². The number of hydrogen-bond acceptors (Lipinski definition) is 5. The Kier molecular flexibility index (Phi) is 7.50. The van der Waals surface area contributed by atoms with Crippen LogP contribution in [0.2, 0.25) is 0 Å². The van der Waals surface area contributed by atoms with Crippen LogP contribution in [0, 0.1) is 0 Å². The lowest BCUT2D eigenvalue weighted by atomic mass is 9.89. The molecule has 1 atom stereocenters. The fraction of sp³-hybridized carbons (Fsp3) is 0.346. The molecule has 33 heavy (non-hydrogen) atoms. The number of ether oxygens (including phenoxy) is 1. The van der Waals surface area contributed by atoms with Crippen LogP contribution >= 0.6 is 11.8 Å². The first-order chi connectivity index (χ1) is 16.1. The minimum Gasteiger partial charge on any atom is -0.497 e. The largest absolute Gasteiger partial charge is 0.497 e. The molecule has 0 bridgehead atoms. The van der Waals surface area contributed by atoms with Crippen LogP contribution in [0.15, 0.2) is 60.3 Å². The first kappa shape index (κ1) is 23.1. The third-order valence-electron chi connectivity index (χ3n) is 5.96. The van der Waals surface area contributed by atoms with E-state index >= 15 is 0 Å². The second-order valence-electron chi connectivity index (χ2n) is 8.25. The molecule has 0 saturated heterocycles. The maximum absolute atomic E-state index is 12.7. The highest BCUT2D eigenvalue weighted by Gasteiger charge is 2.17. The minimum absolute atomic E-state index is 0.0237. The van der Waals surface area contributed by atoms with Crippen LogP contribution in [0.3, 0.4) is 0 Å². The zero-order valence-corrected chi connectivity index (χ0v) is 20.0. The van der Waals surface area contributed by atoms with E-state index in [1.807, 2.05) is 35.8 Å². The molecule has 0 unspecified atom stereocenters. The van der Waals surface area contributed by atoms with Gasteiger partial charge in [0.2, 0.25) is 5.91 Å². The van der Waals surface area contributed by atoms with Gasteiger partial charge in [-0.05, 0) is 73.6 Å². The average Bonchev–Trinajstić information content (AvgIpc) is 3.25. The Hall–Kier alpha value is -3.06. The van der Waals surface area contributed by atoms with E-state index in [9.17, 15) is 4.79 Å². The van der Waals surface area contributed by atoms with Gasteiger partial charge >= 0.3 is 0 Å². The van der Waals surface area contributed by atoms with Crippen molar-refractivity contribution in [2.45, 2.75) is 50.4 Å². The molecule has 0 aliphatic heterocycles. The molecule has 1 aliphatic carbocycles. The standard InChI is InChI=1S/C26H30N4O2S/c1-4-15-30-25(20-11-13-23(32-3)14-12-20)28-29-26(30)33-17-24(31)27-18(2)21-10-9-19-7-5-6-8-22(19)16-21/h4,9-14,16,18H,1,5-8,15,17H2,2-3H3,(H,27,31)/t18-/m0/s1. The van der Waals surface area contributed by atoms with Crippen molar-refractivity contribution in [2.75, 3.05) is 12.9 Å². The number of nitrogens with zero attached hydrogens (tertiary/aromatic N) is 3. The predicted molar refractivity (Wildman–Crippen MR) is 133 cm³/mol. The number of allylic oxidation sites excluding steroid dienone is 1. The number of carbonyl (C=O) groups excluding carboxylic acids is 1. The molecular weight excluding hydrogens is 432 g/mol. The van der Waals surface area contributed by atoms with Crippen LogP contribution in [-0.4, -0.2) is 33.5 Å². The first-order valence-corrected chi connectivity index (χ1v) is 12.3. The summed E-state index contributed by atoms with van der Waals surface area (Å²) >= 11 is 1.38. The van der Waals surface area contributed by atoms with Crippen LogP contribution in [0.1, 0.15) is 42.5 Å². The third kappa shape index (κ3) is 5.47. The summed E-state index contributed by atoms with van der Waals surface area (Å²) in [6.07, 6.45) is 6.62. The van der Waals surface area contributed by atoms with Crippen LogP contribution < -0.4 is 10.1 Å². The van der Waals surface area contributed by atoms with Gasteiger partial charge in [-0.15, -0.1) is 16.8 Å². The van der Waals surface area contributed by atoms with Gasteiger partial charge in [0.25, 0.3) is 0 Å². The molecule has 6 nitrogen and oxygen atoms in total. The summed E-state index contributed by atoms with van der Waals surface area (Å²) in [5.41, 5.74) is 4.97. The second kappa shape index (κ2) is 10.7. The van der Waals surface area contributed by atoms with Crippen molar-refractivity contribution in [1.82, 2.24) is 20.1 Å². The number of benzene rings is 2. The van der Waals surface area contributed by atoms with Crippen molar-refractivity contribution in [1.29, 1.82) is 0 Å². The van der Waals surface area contributed by atoms with Crippen LogP contribution in [-0.2, 0) is 24.2 Å². The number of thioether (sulfide) groups is 1. The van der Waals surface area contributed by atoms with E-state index in [2.05, 4.69) is 40.3 Å². The fourth-order valence-electron chi connectivity index (χ4n) is 4.16. The molecule has 0 spiro atoms. The number of rotatable bonds is 9. The molecule has 0 radical (unpaired) electrons. The summed E-state index contributed by atoms with van der Waals surface area (Å²) < 4.78 is 7.21. The quantitative estimate of drug-likeness (QED) is 0.358. The van der Waals surface area contributed by atoms with Crippen LogP contribution in [0.5, 0.6) is 5.75 Å². The second-order valence-corrected chi connectivity index (χ2v) is 9.19. The summed E-state index contributed by atoms with van der Waals surface area (Å²) in [7, 11) is 1.64. The van der Waals surface area contributed by atoms with E-state index in [0.717, 1.165) is 35.5 Å². The van der Waals surface area contributed by atoms with Gasteiger partial charge in [-0.1, -0.05) is 36.0 Å². The van der Waals surface area contributed by atoms with Crippen molar-refractivity contribution < 1.29 is 9.53 Å². The molecule has 172 valence electrons. The number of aromatic nitrogens is 3. The Morgan fingerprint density at radius 3 is 2.67 bits per heavy atom. The number of methoxy groups -OCH3 is 1. The smallest absolute Gasteiger partial charge is 0.230 e. The van der Waals surface area contributed by atoms with Gasteiger partial charge < -0.3 is 10.1 Å². The monoisotopic (exact) mass is 462 g/mol. The highest BCUT2D eigenvalue weighted by atomic mass is 32.2. The molecule has 1 heterocycles. The van der Waals surface area contributed by atoms with Crippen LogP contribution in [0.25, 0.3) is 11.4 Å². The van der Waals surface area contributed by atoms with Crippen molar-refractivity contribution in [3.05, 3.63) is 71.8 Å². The van der Waals surface area contributed by atoms with E-state index < -0.39 is 0 Å². The Morgan fingerprint density at radius 1 is 1.18 bits per heavy atom. The number of aryl methyl sites for hydroxylation is 2. The molecule has 1 aromatic heterocycles. The molecule has 1 N–H and O–H groups in total. The van der Waals surface area contributed by atoms with Gasteiger partial charge in [0.1, 0.15) is 5.75 Å². The lowest BCUT2D eigenvalue weighted by Gasteiger charge is -2.20. The number of carbonyl (C=O) groups is 1. The molecule has 7 heteroatoms. The van der Waals surface area contributed by atoms with E-state index in [-0.39, 0.29) is 17.7 Å². The van der Waals surface area contributed by atoms with Crippen molar-refractivity contribution in [2.24, 2.45) is 0 Å². The number of amides is 1. The summed E-state index contributed by atoms with van der Waals surface area (Å²) in [5, 5.41) is 12.5. The Morgan fingerprint density at radius 2 is 1.94 bits per heavy atom. The summed E-state index contributed by atoms with van der Waals surface area (Å²) in [6.45, 7) is 6.45. The molecule has 0 fully saturated rings. The van der Waals surface area contributed by atoms with Gasteiger partial charge in [-0.3, -0.25) is 9.36 Å². The lowest BCUT2D eigenvalue weighted by molar-refractivity contribution is -0.119. The molecular formula is C26H30N4O2S. The zero-order valence-electron chi connectivity index (χ0n) is 19.2. The molecule has 3 aromatic rings. The van der Waals surface area contributed by atoms with Gasteiger partial charge in [0, 0.05) is 12.1 Å². The summed E-state index contributed by atoms with van der Waals surface area (Å²) in [6, 6.07) is 14.3. The highest BCUT2D eigenvalue weighted by Crippen LogP contribution is 2.27.